The number of thioether (sulfide) groups is 1. The third-order valence-corrected chi connectivity index (χ3v) is 6.78. The Kier molecular flexibility index (Phi) is 5.58. The highest BCUT2D eigenvalue weighted by molar-refractivity contribution is 8.18. The van der Waals surface area contributed by atoms with Crippen molar-refractivity contribution in [2.24, 2.45) is 0 Å². The summed E-state index contributed by atoms with van der Waals surface area (Å²) in [6, 6.07) is 11.7. The Morgan fingerprint density at radius 2 is 1.88 bits per heavy atom. The van der Waals surface area contributed by atoms with E-state index in [1.165, 1.54) is 6.33 Å². The number of carbonyl (C=O) groups is 2. The largest absolute Gasteiger partial charge is 0.368 e. The fourth-order valence-corrected chi connectivity index (χ4v) is 4.91. The SMILES string of the molecule is CN1CCN(c2ccc(-c3ncnc4ccc(C=C5SC(=O)NC5=O)cc34)cc2Cl)CC1. The van der Waals surface area contributed by atoms with Crippen LogP contribution in [0.4, 0.5) is 10.5 Å². The molecule has 0 atom stereocenters. The molecule has 0 radical (unpaired) electrons. The quantitative estimate of drug-likeness (QED) is 0.585. The zero-order chi connectivity index (χ0) is 22.2. The molecule has 3 heterocycles. The van der Waals surface area contributed by atoms with Crippen LogP contribution in [0.2, 0.25) is 5.02 Å². The Labute approximate surface area is 194 Å². The first kappa shape index (κ1) is 20.9. The average molecular weight is 466 g/mol. The van der Waals surface area contributed by atoms with Gasteiger partial charge < -0.3 is 9.80 Å². The molecule has 0 unspecified atom stereocenters. The van der Waals surface area contributed by atoms with E-state index in [2.05, 4.69) is 32.1 Å². The van der Waals surface area contributed by atoms with Gasteiger partial charge >= 0.3 is 0 Å². The monoisotopic (exact) mass is 465 g/mol. The molecule has 162 valence electrons. The fraction of sp³-hybridized carbons (Fsp3) is 0.217. The molecule has 0 spiro atoms. The standard InChI is InChI=1S/C23H20ClN5O2S/c1-28-6-8-29(9-7-28)19-5-3-15(12-17(19)24)21-16-10-14(2-4-18(16)25-13-26-21)11-20-22(30)27-23(31)32-20/h2-5,10-13H,6-9H2,1H3,(H,27,30,31). The summed E-state index contributed by atoms with van der Waals surface area (Å²) >= 11 is 7.58. The van der Waals surface area contributed by atoms with Gasteiger partial charge in [0.05, 0.1) is 26.8 Å². The third-order valence-electron chi connectivity index (χ3n) is 5.66. The van der Waals surface area contributed by atoms with Gasteiger partial charge in [-0.05, 0) is 54.7 Å². The van der Waals surface area contributed by atoms with Crippen molar-refractivity contribution in [2.75, 3.05) is 38.1 Å². The zero-order valence-electron chi connectivity index (χ0n) is 17.3. The normalized spacial score (nSPS) is 18.6. The van der Waals surface area contributed by atoms with Gasteiger partial charge in [-0.3, -0.25) is 14.9 Å². The Bertz CT molecular complexity index is 1270. The number of likely N-dealkylation sites (N-methyl/N-ethyl adjacent to an activating group) is 1. The van der Waals surface area contributed by atoms with Gasteiger partial charge in [0.25, 0.3) is 11.1 Å². The molecule has 1 N–H and O–H groups in total. The van der Waals surface area contributed by atoms with E-state index in [0.717, 1.165) is 71.4 Å². The van der Waals surface area contributed by atoms with Crippen molar-refractivity contribution in [3.63, 3.8) is 0 Å². The van der Waals surface area contributed by atoms with E-state index in [4.69, 9.17) is 11.6 Å². The summed E-state index contributed by atoms with van der Waals surface area (Å²) in [5.74, 6) is -0.379. The second kappa shape index (κ2) is 8.54. The van der Waals surface area contributed by atoms with Gasteiger partial charge in [-0.15, -0.1) is 0 Å². The van der Waals surface area contributed by atoms with E-state index in [-0.39, 0.29) is 11.1 Å². The maximum absolute atomic E-state index is 11.9. The molecule has 2 aliphatic rings. The van der Waals surface area contributed by atoms with Crippen LogP contribution in [-0.4, -0.2) is 59.2 Å². The van der Waals surface area contributed by atoms with E-state index in [1.807, 2.05) is 36.4 Å². The van der Waals surface area contributed by atoms with Crippen LogP contribution in [0.15, 0.2) is 47.6 Å². The van der Waals surface area contributed by atoms with E-state index >= 15 is 0 Å². The lowest BCUT2D eigenvalue weighted by Gasteiger charge is -2.34. The van der Waals surface area contributed by atoms with Crippen molar-refractivity contribution in [1.29, 1.82) is 0 Å². The van der Waals surface area contributed by atoms with Crippen molar-refractivity contribution < 1.29 is 9.59 Å². The third kappa shape index (κ3) is 4.09. The predicted octanol–water partition coefficient (Wildman–Crippen LogP) is 4.03. The van der Waals surface area contributed by atoms with E-state index in [0.29, 0.717) is 9.93 Å². The molecule has 0 bridgehead atoms. The molecule has 2 aliphatic heterocycles. The number of amides is 2. The van der Waals surface area contributed by atoms with Crippen LogP contribution < -0.4 is 10.2 Å². The number of halogens is 1. The van der Waals surface area contributed by atoms with Gasteiger partial charge in [0.1, 0.15) is 6.33 Å². The fourth-order valence-electron chi connectivity index (χ4n) is 3.92. The van der Waals surface area contributed by atoms with Gasteiger partial charge in [0.15, 0.2) is 0 Å². The molecule has 2 amide bonds. The minimum Gasteiger partial charge on any atom is -0.368 e. The molecule has 2 fully saturated rings. The summed E-state index contributed by atoms with van der Waals surface area (Å²) < 4.78 is 0. The predicted molar refractivity (Wildman–Crippen MR) is 129 cm³/mol. The second-order valence-corrected chi connectivity index (χ2v) is 9.23. The highest BCUT2D eigenvalue weighted by Gasteiger charge is 2.25. The highest BCUT2D eigenvalue weighted by atomic mass is 35.5. The Morgan fingerprint density at radius 1 is 1.06 bits per heavy atom. The number of piperazine rings is 1. The number of nitrogens with zero attached hydrogens (tertiary/aromatic N) is 4. The molecular formula is C23H20ClN5O2S. The lowest BCUT2D eigenvalue weighted by atomic mass is 10.0. The first-order chi connectivity index (χ1) is 15.5. The maximum Gasteiger partial charge on any atom is 0.290 e. The summed E-state index contributed by atoms with van der Waals surface area (Å²) in [5.41, 5.74) is 4.27. The van der Waals surface area contributed by atoms with E-state index in [9.17, 15) is 9.59 Å². The topological polar surface area (TPSA) is 78.4 Å². The number of aromatic nitrogens is 2. The first-order valence-electron chi connectivity index (χ1n) is 10.2. The molecule has 1 aromatic heterocycles. The van der Waals surface area contributed by atoms with Crippen molar-refractivity contribution in [2.45, 2.75) is 0 Å². The van der Waals surface area contributed by atoms with Crippen molar-refractivity contribution in [3.05, 3.63) is 58.2 Å². The summed E-state index contributed by atoms with van der Waals surface area (Å²) in [4.78, 5) is 37.2. The van der Waals surface area contributed by atoms with Crippen molar-refractivity contribution in [1.82, 2.24) is 20.2 Å². The molecule has 5 rings (SSSR count). The minimum absolute atomic E-state index is 0.360. The maximum atomic E-state index is 11.9. The molecule has 2 saturated heterocycles. The van der Waals surface area contributed by atoms with Crippen LogP contribution in [-0.2, 0) is 4.79 Å². The van der Waals surface area contributed by atoms with Crippen molar-refractivity contribution >= 4 is 57.2 Å². The second-order valence-electron chi connectivity index (χ2n) is 7.81. The number of hydrogen-bond donors (Lipinski definition) is 1. The first-order valence-corrected chi connectivity index (χ1v) is 11.4. The smallest absolute Gasteiger partial charge is 0.290 e. The molecule has 3 aromatic rings. The average Bonchev–Trinajstić information content (AvgIpc) is 3.10. The van der Waals surface area contributed by atoms with E-state index in [1.54, 1.807) is 6.08 Å². The van der Waals surface area contributed by atoms with E-state index < -0.39 is 0 Å². The number of nitrogens with one attached hydrogen (secondary N) is 1. The molecule has 2 aromatic carbocycles. The van der Waals surface area contributed by atoms with Gasteiger partial charge in [0, 0.05) is 37.1 Å². The molecular weight excluding hydrogens is 446 g/mol. The van der Waals surface area contributed by atoms with Gasteiger partial charge in [-0.2, -0.15) is 0 Å². The van der Waals surface area contributed by atoms with Gasteiger partial charge in [-0.1, -0.05) is 23.7 Å². The zero-order valence-corrected chi connectivity index (χ0v) is 18.9. The van der Waals surface area contributed by atoms with Crippen LogP contribution in [0.3, 0.4) is 0 Å². The summed E-state index contributed by atoms with van der Waals surface area (Å²) in [6.45, 7) is 3.90. The molecule has 7 nitrogen and oxygen atoms in total. The summed E-state index contributed by atoms with van der Waals surface area (Å²) in [6.07, 6.45) is 3.24. The van der Waals surface area contributed by atoms with Crippen LogP contribution in [0, 0.1) is 0 Å². The van der Waals surface area contributed by atoms with Crippen LogP contribution in [0.1, 0.15) is 5.56 Å². The molecule has 9 heteroatoms. The summed E-state index contributed by atoms with van der Waals surface area (Å²) in [5, 5.41) is 3.45. The number of hydrogen-bond acceptors (Lipinski definition) is 7. The van der Waals surface area contributed by atoms with Gasteiger partial charge in [0.2, 0.25) is 0 Å². The number of carbonyl (C=O) groups excluding carboxylic acids is 2. The number of imide groups is 1. The molecule has 0 aliphatic carbocycles. The Hall–Kier alpha value is -2.94. The lowest BCUT2D eigenvalue weighted by molar-refractivity contribution is -0.115. The number of rotatable bonds is 3. The Balaban J connectivity index is 1.51. The lowest BCUT2D eigenvalue weighted by Crippen LogP contribution is -2.44. The molecule has 32 heavy (non-hydrogen) atoms. The van der Waals surface area contributed by atoms with Crippen LogP contribution in [0.25, 0.3) is 28.2 Å². The van der Waals surface area contributed by atoms with Gasteiger partial charge in [-0.25, -0.2) is 9.97 Å². The van der Waals surface area contributed by atoms with Crippen molar-refractivity contribution in [3.8, 4) is 11.3 Å². The number of benzene rings is 2. The van der Waals surface area contributed by atoms with Crippen LogP contribution >= 0.6 is 23.4 Å². The summed E-state index contributed by atoms with van der Waals surface area (Å²) in [7, 11) is 2.13. The number of fused-ring (bicyclic) bond motifs is 1. The minimum atomic E-state index is -0.379. The molecule has 0 saturated carbocycles. The highest BCUT2D eigenvalue weighted by Crippen LogP contribution is 2.34. The van der Waals surface area contributed by atoms with Crippen LogP contribution in [0.5, 0.6) is 0 Å². The number of anilines is 1. The Morgan fingerprint density at radius 3 is 2.59 bits per heavy atom.